The fourth-order valence-corrected chi connectivity index (χ4v) is 4.86. The Morgan fingerprint density at radius 3 is 2.57 bits per heavy atom. The first kappa shape index (κ1) is 24.2. The van der Waals surface area contributed by atoms with Gasteiger partial charge in [-0.3, -0.25) is 14.3 Å². The lowest BCUT2D eigenvalue weighted by molar-refractivity contribution is 0.391. The summed E-state index contributed by atoms with van der Waals surface area (Å²) < 4.78 is 61.4. The van der Waals surface area contributed by atoms with E-state index in [9.17, 15) is 12.8 Å². The number of rotatable bonds is 9. The lowest BCUT2D eigenvalue weighted by atomic mass is 10.2. The zero-order valence-electron chi connectivity index (χ0n) is 20.0. The minimum atomic E-state index is -4.06. The number of methoxy groups -OCH3 is 2. The number of fused-ring (bicyclic) bond motifs is 1. The molecule has 0 aliphatic heterocycles. The van der Waals surface area contributed by atoms with Gasteiger partial charge in [-0.05, 0) is 31.2 Å². The Kier molecular flexibility index (Phi) is 6.25. The van der Waals surface area contributed by atoms with Crippen LogP contribution in [-0.2, 0) is 16.4 Å². The van der Waals surface area contributed by atoms with Gasteiger partial charge in [0.25, 0.3) is 0 Å². The molecule has 0 unspecified atom stereocenters. The zero-order chi connectivity index (χ0) is 26.2. The fourth-order valence-electron chi connectivity index (χ4n) is 3.89. The third-order valence-corrected chi connectivity index (χ3v) is 7.45. The Morgan fingerprint density at radius 2 is 1.89 bits per heavy atom. The van der Waals surface area contributed by atoms with Gasteiger partial charge >= 0.3 is 0 Å². The van der Waals surface area contributed by atoms with Crippen molar-refractivity contribution in [1.29, 1.82) is 0 Å². The van der Waals surface area contributed by atoms with Crippen LogP contribution in [0.4, 0.5) is 10.3 Å². The first-order valence-corrected chi connectivity index (χ1v) is 12.6. The van der Waals surface area contributed by atoms with E-state index in [0.717, 1.165) is 6.20 Å². The summed E-state index contributed by atoms with van der Waals surface area (Å²) in [5.41, 5.74) is 1.13. The molecule has 0 aliphatic rings. The number of H-pyrrole nitrogens is 1. The average Bonchev–Trinajstić information content (AvgIpc) is 3.66. The van der Waals surface area contributed by atoms with Gasteiger partial charge < -0.3 is 18.9 Å². The SMILES string of the molecule is COc1cccc(OC)c1-n1c(NS(=O)(=O)[C@H](C)Cc2ncc(F)c3[nH]cnc23)nnc1-c1ccco1. The molecule has 1 atom stereocenters. The summed E-state index contributed by atoms with van der Waals surface area (Å²) in [6.45, 7) is 1.50. The van der Waals surface area contributed by atoms with Crippen LogP contribution in [0.15, 0.2) is 53.5 Å². The minimum absolute atomic E-state index is 0.0336. The van der Waals surface area contributed by atoms with Crippen LogP contribution in [-0.4, -0.2) is 57.6 Å². The van der Waals surface area contributed by atoms with Crippen molar-refractivity contribution in [3.63, 3.8) is 0 Å². The van der Waals surface area contributed by atoms with Gasteiger partial charge in [-0.2, -0.15) is 0 Å². The number of nitrogens with one attached hydrogen (secondary N) is 2. The molecular formula is C23H22FN7O5S. The molecule has 0 amide bonds. The van der Waals surface area contributed by atoms with Crippen LogP contribution in [0.5, 0.6) is 11.5 Å². The Morgan fingerprint density at radius 1 is 1.14 bits per heavy atom. The minimum Gasteiger partial charge on any atom is -0.494 e. The highest BCUT2D eigenvalue weighted by Crippen LogP contribution is 2.38. The molecule has 37 heavy (non-hydrogen) atoms. The summed E-state index contributed by atoms with van der Waals surface area (Å²) in [5.74, 6) is 0.646. The molecule has 0 fully saturated rings. The molecule has 14 heteroatoms. The van der Waals surface area contributed by atoms with Crippen LogP contribution in [0, 0.1) is 5.82 Å². The normalized spacial score (nSPS) is 12.5. The number of aromatic nitrogens is 6. The maximum Gasteiger partial charge on any atom is 0.243 e. The molecule has 5 aromatic rings. The van der Waals surface area contributed by atoms with Gasteiger partial charge in [-0.25, -0.2) is 17.8 Å². The van der Waals surface area contributed by atoms with Gasteiger partial charge in [0.05, 0.1) is 44.0 Å². The molecule has 0 radical (unpaired) electrons. The van der Waals surface area contributed by atoms with Crippen molar-refractivity contribution in [2.45, 2.75) is 18.6 Å². The Balaban J connectivity index is 1.56. The number of hydrogen-bond donors (Lipinski definition) is 2. The molecule has 0 saturated heterocycles. The highest BCUT2D eigenvalue weighted by Gasteiger charge is 2.29. The monoisotopic (exact) mass is 527 g/mol. The van der Waals surface area contributed by atoms with E-state index in [2.05, 4.69) is 29.9 Å². The van der Waals surface area contributed by atoms with Crippen molar-refractivity contribution >= 4 is 27.0 Å². The molecule has 0 saturated carbocycles. The number of hydrogen-bond acceptors (Lipinski definition) is 9. The number of aromatic amines is 1. The van der Waals surface area contributed by atoms with Gasteiger partial charge in [0.15, 0.2) is 11.6 Å². The Labute approximate surface area is 210 Å². The number of benzene rings is 1. The van der Waals surface area contributed by atoms with Gasteiger partial charge in [0.1, 0.15) is 28.2 Å². The Bertz CT molecular complexity index is 1640. The summed E-state index contributed by atoms with van der Waals surface area (Å²) in [6.07, 6.45) is 3.79. The summed E-state index contributed by atoms with van der Waals surface area (Å²) in [7, 11) is -1.10. The van der Waals surface area contributed by atoms with E-state index in [1.54, 1.807) is 30.3 Å². The molecule has 192 valence electrons. The highest BCUT2D eigenvalue weighted by atomic mass is 32.2. The molecule has 0 aliphatic carbocycles. The smallest absolute Gasteiger partial charge is 0.243 e. The van der Waals surface area contributed by atoms with Crippen molar-refractivity contribution in [3.8, 4) is 28.8 Å². The van der Waals surface area contributed by atoms with E-state index in [1.165, 1.54) is 38.3 Å². The van der Waals surface area contributed by atoms with Crippen LogP contribution >= 0.6 is 0 Å². The van der Waals surface area contributed by atoms with E-state index in [0.29, 0.717) is 28.6 Å². The average molecular weight is 528 g/mol. The molecule has 2 N–H and O–H groups in total. The number of imidazole rings is 1. The van der Waals surface area contributed by atoms with E-state index in [1.807, 2.05) is 0 Å². The van der Waals surface area contributed by atoms with E-state index < -0.39 is 21.1 Å². The summed E-state index contributed by atoms with van der Waals surface area (Å²) in [5, 5.41) is 7.27. The maximum absolute atomic E-state index is 14.0. The lowest BCUT2D eigenvalue weighted by Crippen LogP contribution is -2.29. The number of halogens is 1. The van der Waals surface area contributed by atoms with Gasteiger partial charge in [0.2, 0.25) is 21.8 Å². The topological polar surface area (TPSA) is 150 Å². The highest BCUT2D eigenvalue weighted by molar-refractivity contribution is 7.93. The number of para-hydroxylation sites is 1. The van der Waals surface area contributed by atoms with Crippen molar-refractivity contribution in [2.24, 2.45) is 0 Å². The molecule has 0 bridgehead atoms. The van der Waals surface area contributed by atoms with E-state index in [-0.39, 0.29) is 29.2 Å². The largest absolute Gasteiger partial charge is 0.494 e. The van der Waals surface area contributed by atoms with Crippen LogP contribution in [0.3, 0.4) is 0 Å². The van der Waals surface area contributed by atoms with Crippen molar-refractivity contribution in [1.82, 2.24) is 29.7 Å². The van der Waals surface area contributed by atoms with Crippen LogP contribution < -0.4 is 14.2 Å². The van der Waals surface area contributed by atoms with Crippen molar-refractivity contribution in [3.05, 3.63) is 60.6 Å². The molecule has 12 nitrogen and oxygen atoms in total. The van der Waals surface area contributed by atoms with E-state index >= 15 is 0 Å². The van der Waals surface area contributed by atoms with Gasteiger partial charge in [0, 0.05) is 6.42 Å². The number of ether oxygens (including phenoxy) is 2. The summed E-state index contributed by atoms with van der Waals surface area (Å²) in [4.78, 5) is 10.8. The van der Waals surface area contributed by atoms with Crippen molar-refractivity contribution in [2.75, 3.05) is 18.9 Å². The number of sulfonamides is 1. The van der Waals surface area contributed by atoms with E-state index in [4.69, 9.17) is 13.9 Å². The van der Waals surface area contributed by atoms with Crippen LogP contribution in [0.1, 0.15) is 12.6 Å². The second-order valence-corrected chi connectivity index (χ2v) is 10.1. The first-order valence-electron chi connectivity index (χ1n) is 11.0. The molecule has 1 aromatic carbocycles. The third kappa shape index (κ3) is 4.35. The zero-order valence-corrected chi connectivity index (χ0v) is 20.8. The number of anilines is 1. The lowest BCUT2D eigenvalue weighted by Gasteiger charge is -2.18. The second kappa shape index (κ2) is 9.54. The molecular weight excluding hydrogens is 505 g/mol. The first-order chi connectivity index (χ1) is 17.8. The number of pyridine rings is 1. The standard InChI is InChI=1S/C23H22FN7O5S/c1-13(10-15-20-19(26-12-27-20)14(24)11-25-15)37(32,33)30-23-29-28-22(18-8-5-9-36-18)31(23)21-16(34-2)6-4-7-17(21)35-3/h4-9,11-13H,10H2,1-3H3,(H,26,27)(H,29,30)/t13-/m1/s1. The summed E-state index contributed by atoms with van der Waals surface area (Å²) >= 11 is 0. The quantitative estimate of drug-likeness (QED) is 0.294. The van der Waals surface area contributed by atoms with Crippen LogP contribution in [0.25, 0.3) is 28.3 Å². The predicted octanol–water partition coefficient (Wildman–Crippen LogP) is 3.33. The van der Waals surface area contributed by atoms with Gasteiger partial charge in [-0.1, -0.05) is 6.07 Å². The summed E-state index contributed by atoms with van der Waals surface area (Å²) in [6, 6.07) is 8.46. The molecule has 0 spiro atoms. The van der Waals surface area contributed by atoms with Crippen LogP contribution in [0.2, 0.25) is 0 Å². The Hall–Kier alpha value is -4.46. The number of furan rings is 1. The molecule has 5 rings (SSSR count). The predicted molar refractivity (Wildman–Crippen MR) is 132 cm³/mol. The third-order valence-electron chi connectivity index (χ3n) is 5.76. The maximum atomic E-state index is 14.0. The molecule has 4 aromatic heterocycles. The second-order valence-electron chi connectivity index (χ2n) is 8.01. The molecule has 4 heterocycles. The fraction of sp³-hybridized carbons (Fsp3) is 0.217. The van der Waals surface area contributed by atoms with Crippen molar-refractivity contribution < 1.29 is 26.7 Å². The number of nitrogens with zero attached hydrogens (tertiary/aromatic N) is 5. The van der Waals surface area contributed by atoms with Gasteiger partial charge in [-0.15, -0.1) is 10.2 Å².